The normalized spacial score (nSPS) is 25.5. The molecule has 3 heterocycles. The van der Waals surface area contributed by atoms with Gasteiger partial charge in [-0.25, -0.2) is 4.39 Å². The van der Waals surface area contributed by atoms with E-state index in [4.69, 9.17) is 4.74 Å². The molecule has 5 fully saturated rings. The van der Waals surface area contributed by atoms with Gasteiger partial charge in [0.05, 0.1) is 44.3 Å². The summed E-state index contributed by atoms with van der Waals surface area (Å²) in [4.78, 5) is 192. The monoisotopic (exact) mass is 1520 g/mol. The van der Waals surface area contributed by atoms with Crippen molar-refractivity contribution >= 4 is 70.9 Å². The number of amides is 12. The Morgan fingerprint density at radius 1 is 0.630 bits per heavy atom. The first kappa shape index (κ1) is 87.0. The van der Waals surface area contributed by atoms with Gasteiger partial charge < -0.3 is 64.8 Å². The number of carbonyl (C=O) groups excluding carboxylic acids is 12. The van der Waals surface area contributed by atoms with Crippen molar-refractivity contribution in [2.75, 3.05) is 88.6 Å². The summed E-state index contributed by atoms with van der Waals surface area (Å²) in [5.74, 6) is -11.0. The van der Waals surface area contributed by atoms with Crippen LogP contribution in [-0.4, -0.2) is 258 Å². The number of halogens is 4. The fourth-order valence-corrected chi connectivity index (χ4v) is 15.8. The SMILES string of the molecule is CC[C@H](C)[C@@H]1NC(=O)[C@H](CC(C)C)N(C)C(=O)C[C@@H](C(=O)N2CCCCC2)N(C)C(=O)[C@H](CC(C)C)N(C)C(=O)C2(CCCC2)NC(=O)[C@@H]2C[C@H](OCc3cccc(C)c3)CN2C(=O)[C@H](CCc2ccc(C(F)(F)F)c(F)c2)NC(=O)CN(C)C(=O)[C@H](CC2CCCCC2)N(C)C(=O)CN(C)C(=O)CN(C)C1=O. The molecule has 3 saturated heterocycles. The Hall–Kier alpha value is -8.24. The highest BCUT2D eigenvalue weighted by molar-refractivity contribution is 6.01. The lowest BCUT2D eigenvalue weighted by Gasteiger charge is -2.41. The van der Waals surface area contributed by atoms with Gasteiger partial charge in [0, 0.05) is 75.4 Å². The van der Waals surface area contributed by atoms with Crippen LogP contribution in [0.4, 0.5) is 17.6 Å². The van der Waals surface area contributed by atoms with Crippen LogP contribution in [0.3, 0.4) is 0 Å². The smallest absolute Gasteiger partial charge is 0.372 e. The third-order valence-electron chi connectivity index (χ3n) is 22.6. The van der Waals surface area contributed by atoms with E-state index < -0.39 is 174 Å². The molecule has 0 aromatic heterocycles. The van der Waals surface area contributed by atoms with Crippen LogP contribution in [0.25, 0.3) is 0 Å². The molecular weight excluding hydrogens is 1400 g/mol. The minimum absolute atomic E-state index is 0.0225. The van der Waals surface area contributed by atoms with Crippen molar-refractivity contribution in [1.82, 2.24) is 60.0 Å². The number of benzene rings is 2. The van der Waals surface area contributed by atoms with Crippen LogP contribution >= 0.6 is 0 Å². The van der Waals surface area contributed by atoms with E-state index in [1.54, 1.807) is 11.8 Å². The molecule has 2 aromatic carbocycles. The number of likely N-dealkylation sites (N-methyl/N-ethyl adjacent to an activating group) is 7. The highest BCUT2D eigenvalue weighted by Crippen LogP contribution is 2.37. The second-order valence-electron chi connectivity index (χ2n) is 32.0. The van der Waals surface area contributed by atoms with E-state index in [1.807, 2.05) is 65.8 Å². The summed E-state index contributed by atoms with van der Waals surface area (Å²) in [6.07, 6.45) is 0.896. The molecule has 29 heteroatoms. The number of alkyl halides is 3. The van der Waals surface area contributed by atoms with E-state index in [0.717, 1.165) is 70.4 Å². The maximum atomic E-state index is 15.8. The summed E-state index contributed by atoms with van der Waals surface area (Å²) in [5.41, 5.74) is -1.48. The van der Waals surface area contributed by atoms with Crippen molar-refractivity contribution in [3.63, 3.8) is 0 Å². The number of hydrogen-bond acceptors (Lipinski definition) is 13. The van der Waals surface area contributed by atoms with Gasteiger partial charge in [0.15, 0.2) is 0 Å². The predicted octanol–water partition coefficient (Wildman–Crippen LogP) is 6.88. The lowest BCUT2D eigenvalue weighted by Crippen LogP contribution is -2.64. The Labute approximate surface area is 634 Å². The second kappa shape index (κ2) is 38.9. The molecule has 0 bridgehead atoms. The highest BCUT2D eigenvalue weighted by atomic mass is 19.4. The summed E-state index contributed by atoms with van der Waals surface area (Å²) in [7, 11) is 9.77. The van der Waals surface area contributed by atoms with Gasteiger partial charge >= 0.3 is 6.18 Å². The maximum Gasteiger partial charge on any atom is 0.419 e. The molecule has 2 aliphatic carbocycles. The number of aryl methyl sites for hydroxylation is 2. The third kappa shape index (κ3) is 22.7. The fraction of sp³-hybridized carbons (Fsp3) is 0.696. The zero-order valence-electron chi connectivity index (χ0n) is 65.9. The van der Waals surface area contributed by atoms with E-state index in [9.17, 15) is 41.9 Å². The van der Waals surface area contributed by atoms with Crippen LogP contribution in [-0.2, 0) is 81.5 Å². The Bertz CT molecular complexity index is 3520. The zero-order chi connectivity index (χ0) is 79.8. The van der Waals surface area contributed by atoms with E-state index in [-0.39, 0.29) is 87.8 Å². The molecule has 2 aromatic rings. The van der Waals surface area contributed by atoms with Gasteiger partial charge in [0.2, 0.25) is 70.9 Å². The fourth-order valence-electron chi connectivity index (χ4n) is 15.8. The van der Waals surface area contributed by atoms with Crippen LogP contribution in [0.15, 0.2) is 42.5 Å². The molecule has 2 saturated carbocycles. The lowest BCUT2D eigenvalue weighted by molar-refractivity contribution is -0.155. The first-order valence-corrected chi connectivity index (χ1v) is 38.7. The Kier molecular flexibility index (Phi) is 31.3. The van der Waals surface area contributed by atoms with Crippen molar-refractivity contribution in [3.05, 3.63) is 70.5 Å². The van der Waals surface area contributed by atoms with Crippen LogP contribution in [0.2, 0.25) is 0 Å². The average Bonchev–Trinajstić information content (AvgIpc) is 1.55. The number of nitrogens with zero attached hydrogens (tertiary/aromatic N) is 9. The Balaban J connectivity index is 1.33. The quantitative estimate of drug-likeness (QED) is 0.154. The number of fused-ring (bicyclic) bond motifs is 1. The second-order valence-corrected chi connectivity index (χ2v) is 32.0. The van der Waals surface area contributed by atoms with Crippen LogP contribution < -0.4 is 16.0 Å². The summed E-state index contributed by atoms with van der Waals surface area (Å²) in [6, 6.07) is 0.414. The lowest BCUT2D eigenvalue weighted by atomic mass is 9.84. The molecule has 5 aliphatic rings. The summed E-state index contributed by atoms with van der Waals surface area (Å²) in [5, 5.41) is 8.69. The van der Waals surface area contributed by atoms with Crippen molar-refractivity contribution < 1.29 is 79.8 Å². The summed E-state index contributed by atoms with van der Waals surface area (Å²) >= 11 is 0. The standard InChI is InChI=1S/C79H118F4N12O13/c1-15-52(7)69-76(106)89(10)46-67(98)87(8)47-68(99)91(12)63(41-53-26-18-16-19-27-53)73(103)88(9)45-65(96)84-59(32-30-54-29-31-57(58(80)40-54)79(81,82)83)72(102)95-44-56(108-48-55-28-24-25-51(6)39-55)42-61(95)71(101)86-78(33-20-21-34-78)77(107)93(14)62(38-50(4)5)74(104)92(13)64(75(105)94-35-22-17-23-36-94)43-66(97)90(11)60(37-49(2)3)70(100)85-69/h24-25,28-29,31,39-40,49-50,52-53,56,59-64,69H,15-23,26-27,30,32-38,41-48H2,1-14H3,(H,84,96)(H,85,100)(H,86,101)/t52-,56-,59-,60-,61-,62-,63-,64-,69-/m0/s1. The first-order valence-electron chi connectivity index (χ1n) is 38.7. The van der Waals surface area contributed by atoms with Crippen molar-refractivity contribution in [2.45, 2.75) is 244 Å². The molecule has 25 nitrogen and oxygen atoms in total. The van der Waals surface area contributed by atoms with Crippen molar-refractivity contribution in [3.8, 4) is 0 Å². The predicted molar refractivity (Wildman–Crippen MR) is 397 cm³/mol. The first-order chi connectivity index (χ1) is 50.9. The zero-order valence-corrected chi connectivity index (χ0v) is 65.9. The minimum atomic E-state index is -5.03. The van der Waals surface area contributed by atoms with Crippen LogP contribution in [0.1, 0.15) is 186 Å². The van der Waals surface area contributed by atoms with Gasteiger partial charge in [-0.3, -0.25) is 57.5 Å². The number of hydrogen-bond donors (Lipinski definition) is 3. The number of carbonyl (C=O) groups is 12. The molecule has 0 unspecified atom stereocenters. The molecule has 3 N–H and O–H groups in total. The third-order valence-corrected chi connectivity index (χ3v) is 22.6. The van der Waals surface area contributed by atoms with E-state index in [0.29, 0.717) is 57.3 Å². The van der Waals surface area contributed by atoms with E-state index in [1.165, 1.54) is 73.8 Å². The van der Waals surface area contributed by atoms with Gasteiger partial charge in [0.25, 0.3) is 0 Å². The van der Waals surface area contributed by atoms with Gasteiger partial charge in [-0.15, -0.1) is 0 Å². The number of ether oxygens (including phenoxy) is 1. The molecule has 600 valence electrons. The van der Waals surface area contributed by atoms with E-state index in [2.05, 4.69) is 16.0 Å². The van der Waals surface area contributed by atoms with Crippen molar-refractivity contribution in [1.29, 1.82) is 0 Å². The Morgan fingerprint density at radius 3 is 1.85 bits per heavy atom. The largest absolute Gasteiger partial charge is 0.419 e. The van der Waals surface area contributed by atoms with Gasteiger partial charge in [0.1, 0.15) is 53.6 Å². The molecule has 9 atom stereocenters. The molecule has 3 aliphatic heterocycles. The van der Waals surface area contributed by atoms with Crippen molar-refractivity contribution in [2.24, 2.45) is 23.7 Å². The summed E-state index contributed by atoms with van der Waals surface area (Å²) in [6.45, 7) is 11.6. The number of likely N-dealkylation sites (tertiary alicyclic amines) is 1. The molecular formula is C79H118F4N12O13. The van der Waals surface area contributed by atoms with Gasteiger partial charge in [-0.05, 0) is 118 Å². The molecule has 108 heavy (non-hydrogen) atoms. The Morgan fingerprint density at radius 2 is 1.24 bits per heavy atom. The molecule has 12 amide bonds. The highest BCUT2D eigenvalue weighted by Gasteiger charge is 2.52. The van der Waals surface area contributed by atoms with E-state index >= 15 is 33.2 Å². The molecule has 0 radical (unpaired) electrons. The maximum absolute atomic E-state index is 15.8. The molecule has 1 spiro atoms. The topological polar surface area (TPSA) is 279 Å². The van der Waals surface area contributed by atoms with Gasteiger partial charge in [-0.2, -0.15) is 13.2 Å². The van der Waals surface area contributed by atoms with Gasteiger partial charge in [-0.1, -0.05) is 129 Å². The number of nitrogens with one attached hydrogen (secondary N) is 3. The molecule has 7 rings (SSSR count). The number of rotatable bonds is 15. The minimum Gasteiger partial charge on any atom is -0.372 e. The van der Waals surface area contributed by atoms with Crippen LogP contribution in [0, 0.1) is 36.4 Å². The van der Waals surface area contributed by atoms with Crippen LogP contribution in [0.5, 0.6) is 0 Å². The summed E-state index contributed by atoms with van der Waals surface area (Å²) < 4.78 is 63.4. The average molecular weight is 1520 g/mol. The number of piperidine rings is 1.